The Bertz CT molecular complexity index is 1040. The SMILES string of the molecule is CCCC/C=C\CCCCCCCC(=O)OCCCCCCCCCCCCCC/C=C\CCCCCCCCCCCC(=O)NC(CO)C(O)/C=C/CCCCCCCCCCC. The summed E-state index contributed by atoms with van der Waals surface area (Å²) in [6.45, 7) is 4.85. The van der Waals surface area contributed by atoms with Gasteiger partial charge in [0.15, 0.2) is 0 Å². The van der Waals surface area contributed by atoms with Gasteiger partial charge in [0.1, 0.15) is 0 Å². The van der Waals surface area contributed by atoms with Gasteiger partial charge in [-0.1, -0.05) is 243 Å². The first-order chi connectivity index (χ1) is 31.5. The molecule has 0 aromatic rings. The lowest BCUT2D eigenvalue weighted by molar-refractivity contribution is -0.143. The van der Waals surface area contributed by atoms with E-state index in [0.717, 1.165) is 44.9 Å². The highest BCUT2D eigenvalue weighted by molar-refractivity contribution is 5.76. The summed E-state index contributed by atoms with van der Waals surface area (Å²) >= 11 is 0. The molecule has 6 nitrogen and oxygen atoms in total. The minimum atomic E-state index is -0.845. The zero-order valence-electron chi connectivity index (χ0n) is 42.8. The number of aliphatic hydroxyl groups excluding tert-OH is 2. The summed E-state index contributed by atoms with van der Waals surface area (Å²) in [6, 6.07) is -0.628. The van der Waals surface area contributed by atoms with E-state index in [1.54, 1.807) is 6.08 Å². The number of allylic oxidation sites excluding steroid dienone is 5. The monoisotopic (exact) mass is 900 g/mol. The van der Waals surface area contributed by atoms with Crippen molar-refractivity contribution in [2.45, 2.75) is 309 Å². The number of aliphatic hydroxyl groups is 2. The number of hydrogen-bond donors (Lipinski definition) is 3. The molecule has 0 bridgehead atoms. The molecule has 0 saturated carbocycles. The van der Waals surface area contributed by atoms with Crippen molar-refractivity contribution in [3.05, 3.63) is 36.5 Å². The summed E-state index contributed by atoms with van der Waals surface area (Å²) in [5, 5.41) is 23.0. The van der Waals surface area contributed by atoms with Crippen LogP contribution in [0.4, 0.5) is 0 Å². The minimum Gasteiger partial charge on any atom is -0.466 e. The van der Waals surface area contributed by atoms with Gasteiger partial charge in [0.25, 0.3) is 0 Å². The quantitative estimate of drug-likeness (QED) is 0.0321. The summed E-state index contributed by atoms with van der Waals surface area (Å²) in [4.78, 5) is 24.4. The van der Waals surface area contributed by atoms with Gasteiger partial charge in [-0.2, -0.15) is 0 Å². The summed E-state index contributed by atoms with van der Waals surface area (Å²) < 4.78 is 5.45. The molecule has 0 saturated heterocycles. The second-order valence-electron chi connectivity index (χ2n) is 19.3. The smallest absolute Gasteiger partial charge is 0.305 e. The normalized spacial score (nSPS) is 12.9. The number of esters is 1. The number of carbonyl (C=O) groups is 2. The van der Waals surface area contributed by atoms with E-state index in [9.17, 15) is 19.8 Å². The highest BCUT2D eigenvalue weighted by atomic mass is 16.5. The van der Waals surface area contributed by atoms with Crippen LogP contribution >= 0.6 is 0 Å². The summed E-state index contributed by atoms with van der Waals surface area (Å²) in [5.74, 6) is -0.0712. The molecule has 2 atom stereocenters. The lowest BCUT2D eigenvalue weighted by Crippen LogP contribution is -2.45. The van der Waals surface area contributed by atoms with Crippen LogP contribution in [0.3, 0.4) is 0 Å². The van der Waals surface area contributed by atoms with E-state index in [1.807, 2.05) is 6.08 Å². The molecule has 0 fully saturated rings. The highest BCUT2D eigenvalue weighted by Gasteiger charge is 2.18. The third-order valence-corrected chi connectivity index (χ3v) is 12.9. The van der Waals surface area contributed by atoms with Gasteiger partial charge in [0.05, 0.1) is 25.4 Å². The van der Waals surface area contributed by atoms with Crippen molar-refractivity contribution in [1.82, 2.24) is 5.32 Å². The van der Waals surface area contributed by atoms with Crippen molar-refractivity contribution in [2.24, 2.45) is 0 Å². The lowest BCUT2D eigenvalue weighted by atomic mass is 10.0. The van der Waals surface area contributed by atoms with Crippen LogP contribution in [-0.4, -0.2) is 47.4 Å². The Morgan fingerprint density at radius 2 is 0.750 bits per heavy atom. The van der Waals surface area contributed by atoms with Gasteiger partial charge < -0.3 is 20.3 Å². The predicted octanol–water partition coefficient (Wildman–Crippen LogP) is 17.2. The molecule has 0 rings (SSSR count). The van der Waals surface area contributed by atoms with E-state index in [2.05, 4.69) is 43.5 Å². The van der Waals surface area contributed by atoms with Crippen LogP contribution in [0.25, 0.3) is 0 Å². The molecule has 64 heavy (non-hydrogen) atoms. The fourth-order valence-corrected chi connectivity index (χ4v) is 8.49. The molecule has 1 amide bonds. The van der Waals surface area contributed by atoms with Gasteiger partial charge in [-0.15, -0.1) is 0 Å². The van der Waals surface area contributed by atoms with Crippen LogP contribution in [-0.2, 0) is 14.3 Å². The average Bonchev–Trinajstić information content (AvgIpc) is 3.29. The first-order valence-electron chi connectivity index (χ1n) is 28.3. The molecule has 0 heterocycles. The Labute approximate surface area is 398 Å². The van der Waals surface area contributed by atoms with Crippen molar-refractivity contribution in [3.8, 4) is 0 Å². The summed E-state index contributed by atoms with van der Waals surface area (Å²) in [7, 11) is 0. The Morgan fingerprint density at radius 1 is 0.422 bits per heavy atom. The molecule has 6 heteroatoms. The van der Waals surface area contributed by atoms with E-state index in [1.165, 1.54) is 225 Å². The maximum atomic E-state index is 12.4. The summed E-state index contributed by atoms with van der Waals surface area (Å²) in [5.41, 5.74) is 0. The van der Waals surface area contributed by atoms with Crippen LogP contribution in [0.15, 0.2) is 36.5 Å². The second-order valence-corrected chi connectivity index (χ2v) is 19.3. The zero-order chi connectivity index (χ0) is 46.5. The Balaban J connectivity index is 3.41. The fraction of sp³-hybridized carbons (Fsp3) is 0.862. The number of unbranched alkanes of at least 4 members (excludes halogenated alkanes) is 37. The van der Waals surface area contributed by atoms with E-state index in [0.29, 0.717) is 19.4 Å². The third kappa shape index (κ3) is 49.5. The second kappa shape index (κ2) is 53.7. The van der Waals surface area contributed by atoms with Crippen LogP contribution < -0.4 is 5.32 Å². The van der Waals surface area contributed by atoms with Gasteiger partial charge in [-0.25, -0.2) is 0 Å². The lowest BCUT2D eigenvalue weighted by Gasteiger charge is -2.20. The summed E-state index contributed by atoms with van der Waals surface area (Å²) in [6.07, 6.45) is 66.0. The largest absolute Gasteiger partial charge is 0.466 e. The number of hydrogen-bond acceptors (Lipinski definition) is 5. The molecule has 0 aliphatic heterocycles. The van der Waals surface area contributed by atoms with Gasteiger partial charge in [-0.3, -0.25) is 9.59 Å². The molecule has 2 unspecified atom stereocenters. The Kier molecular flexibility index (Phi) is 52.1. The molecule has 0 aliphatic carbocycles. The zero-order valence-corrected chi connectivity index (χ0v) is 42.8. The standard InChI is InChI=1S/C58H109NO5/c1-3-5-7-9-11-13-30-34-38-42-46-50-56(61)55(54-60)59-57(62)51-47-43-39-35-32-28-26-24-22-20-18-16-15-17-19-21-23-25-27-29-33-37-41-45-49-53-64-58(63)52-48-44-40-36-31-14-12-10-8-6-4-2/h10,12,16,18,46,50,55-56,60-61H,3-9,11,13-15,17,19-45,47-49,51-54H2,1-2H3,(H,59,62)/b12-10-,18-16-,50-46+. The van der Waals surface area contributed by atoms with Crippen molar-refractivity contribution in [3.63, 3.8) is 0 Å². The fourth-order valence-electron chi connectivity index (χ4n) is 8.49. The van der Waals surface area contributed by atoms with E-state index < -0.39 is 12.1 Å². The van der Waals surface area contributed by atoms with Crippen molar-refractivity contribution < 1.29 is 24.5 Å². The number of ether oxygens (including phenoxy) is 1. The van der Waals surface area contributed by atoms with Crippen LogP contribution in [0.1, 0.15) is 296 Å². The van der Waals surface area contributed by atoms with Crippen molar-refractivity contribution in [2.75, 3.05) is 13.2 Å². The number of carbonyl (C=O) groups excluding carboxylic acids is 2. The van der Waals surface area contributed by atoms with Crippen molar-refractivity contribution >= 4 is 11.9 Å². The molecule has 0 spiro atoms. The van der Waals surface area contributed by atoms with E-state index in [-0.39, 0.29) is 18.5 Å². The molecule has 3 N–H and O–H groups in total. The van der Waals surface area contributed by atoms with Gasteiger partial charge in [0.2, 0.25) is 5.91 Å². The number of amides is 1. The van der Waals surface area contributed by atoms with E-state index in [4.69, 9.17) is 4.74 Å². The molecular weight excluding hydrogens is 791 g/mol. The van der Waals surface area contributed by atoms with Crippen LogP contribution in [0.2, 0.25) is 0 Å². The molecule has 376 valence electrons. The molecule has 0 aromatic heterocycles. The van der Waals surface area contributed by atoms with Crippen LogP contribution in [0.5, 0.6) is 0 Å². The first-order valence-corrected chi connectivity index (χ1v) is 28.3. The topological polar surface area (TPSA) is 95.9 Å². The third-order valence-electron chi connectivity index (χ3n) is 12.9. The minimum absolute atomic E-state index is 0.00136. The van der Waals surface area contributed by atoms with Gasteiger partial charge in [0, 0.05) is 12.8 Å². The Hall–Kier alpha value is -1.92. The highest BCUT2D eigenvalue weighted by Crippen LogP contribution is 2.16. The predicted molar refractivity (Wildman–Crippen MR) is 278 cm³/mol. The maximum absolute atomic E-state index is 12.4. The van der Waals surface area contributed by atoms with E-state index >= 15 is 0 Å². The average molecular weight is 901 g/mol. The van der Waals surface area contributed by atoms with Gasteiger partial charge in [-0.05, 0) is 77.0 Å². The first kappa shape index (κ1) is 62.1. The maximum Gasteiger partial charge on any atom is 0.305 e. The van der Waals surface area contributed by atoms with Gasteiger partial charge >= 0.3 is 5.97 Å². The molecule has 0 aromatic carbocycles. The molecule has 0 aliphatic rings. The van der Waals surface area contributed by atoms with Crippen LogP contribution in [0, 0.1) is 0 Å². The Morgan fingerprint density at radius 3 is 1.16 bits per heavy atom. The molecule has 0 radical (unpaired) electrons. The number of rotatable bonds is 52. The molecular formula is C58H109NO5. The number of nitrogens with one attached hydrogen (secondary N) is 1. The van der Waals surface area contributed by atoms with Crippen molar-refractivity contribution in [1.29, 1.82) is 0 Å².